The molecule has 0 spiro atoms. The maximum atomic E-state index is 12.5. The van der Waals surface area contributed by atoms with E-state index in [4.69, 9.17) is 19.9 Å². The van der Waals surface area contributed by atoms with Crippen molar-refractivity contribution in [3.8, 4) is 11.5 Å². The molecule has 5 rings (SSSR count). The van der Waals surface area contributed by atoms with Crippen molar-refractivity contribution in [1.29, 1.82) is 0 Å². The van der Waals surface area contributed by atoms with Crippen LogP contribution in [0, 0.1) is 6.92 Å². The number of ether oxygens (including phenoxy) is 3. The number of nitrogens with two attached hydrogens (primary N) is 1. The number of amides is 1. The fourth-order valence-electron chi connectivity index (χ4n) is 5.46. The van der Waals surface area contributed by atoms with Crippen molar-refractivity contribution in [3.05, 3.63) is 52.8 Å². The summed E-state index contributed by atoms with van der Waals surface area (Å²) in [5, 5.41) is 0. The number of halogens is 1. The number of hydrogen-bond donors (Lipinski definition) is 1. The Morgan fingerprint density at radius 1 is 1.20 bits per heavy atom. The molecule has 1 amide bonds. The Hall–Kier alpha value is -2.39. The lowest BCUT2D eigenvalue weighted by Gasteiger charge is -2.46. The second-order valence-corrected chi connectivity index (χ2v) is 9.51. The summed E-state index contributed by atoms with van der Waals surface area (Å²) < 4.78 is 16.9. The lowest BCUT2D eigenvalue weighted by molar-refractivity contribution is -0.137. The number of morpholine rings is 1. The summed E-state index contributed by atoms with van der Waals surface area (Å²) in [7, 11) is 1.64. The molecular weight excluding hydrogens is 468 g/mol. The van der Waals surface area contributed by atoms with E-state index in [-0.39, 0.29) is 42.9 Å². The first-order valence-corrected chi connectivity index (χ1v) is 12.1. The van der Waals surface area contributed by atoms with E-state index in [0.717, 1.165) is 31.6 Å². The highest BCUT2D eigenvalue weighted by molar-refractivity contribution is 5.85. The number of aromatic nitrogens is 1. The highest BCUT2D eigenvalue weighted by Crippen LogP contribution is 2.44. The van der Waals surface area contributed by atoms with E-state index in [9.17, 15) is 4.79 Å². The molecule has 0 saturated carbocycles. The second-order valence-electron chi connectivity index (χ2n) is 9.51. The van der Waals surface area contributed by atoms with Gasteiger partial charge in [0.1, 0.15) is 0 Å². The van der Waals surface area contributed by atoms with Crippen molar-refractivity contribution in [2.24, 2.45) is 5.73 Å². The van der Waals surface area contributed by atoms with E-state index in [1.165, 1.54) is 16.7 Å². The molecular formula is C26H35ClN4O4. The Balaban J connectivity index is 0.00000289. The van der Waals surface area contributed by atoms with Crippen LogP contribution >= 0.6 is 12.4 Å². The Morgan fingerprint density at radius 2 is 2.00 bits per heavy atom. The van der Waals surface area contributed by atoms with Gasteiger partial charge in [0.2, 0.25) is 0 Å². The van der Waals surface area contributed by atoms with Gasteiger partial charge in [-0.1, -0.05) is 0 Å². The zero-order valence-electron chi connectivity index (χ0n) is 20.4. The molecule has 3 atom stereocenters. The van der Waals surface area contributed by atoms with Gasteiger partial charge in [0.15, 0.2) is 18.1 Å². The molecule has 190 valence electrons. The number of hydrogen-bond acceptors (Lipinski definition) is 7. The Kier molecular flexibility index (Phi) is 8.16. The summed E-state index contributed by atoms with van der Waals surface area (Å²) in [6, 6.07) is 8.61. The maximum absolute atomic E-state index is 12.5. The number of rotatable bonds is 5. The van der Waals surface area contributed by atoms with Gasteiger partial charge in [0, 0.05) is 56.1 Å². The molecule has 1 aromatic carbocycles. The second kappa shape index (κ2) is 11.1. The molecule has 2 fully saturated rings. The Bertz CT molecular complexity index is 1050. The molecule has 4 heterocycles. The molecule has 0 radical (unpaired) electrons. The van der Waals surface area contributed by atoms with Crippen molar-refractivity contribution in [1.82, 2.24) is 14.8 Å². The zero-order chi connectivity index (χ0) is 23.7. The Labute approximate surface area is 213 Å². The maximum Gasteiger partial charge on any atom is 0.260 e. The zero-order valence-corrected chi connectivity index (χ0v) is 21.3. The van der Waals surface area contributed by atoms with Gasteiger partial charge in [-0.15, -0.1) is 12.4 Å². The molecule has 2 aromatic rings. The van der Waals surface area contributed by atoms with Gasteiger partial charge in [-0.3, -0.25) is 14.7 Å². The highest BCUT2D eigenvalue weighted by Gasteiger charge is 2.39. The van der Waals surface area contributed by atoms with Gasteiger partial charge in [-0.05, 0) is 60.7 Å². The van der Waals surface area contributed by atoms with Crippen LogP contribution in [0.25, 0.3) is 0 Å². The quantitative estimate of drug-likeness (QED) is 0.671. The molecule has 8 nitrogen and oxygen atoms in total. The summed E-state index contributed by atoms with van der Waals surface area (Å²) >= 11 is 0. The number of carbonyl (C=O) groups is 1. The van der Waals surface area contributed by atoms with Crippen molar-refractivity contribution >= 4 is 18.3 Å². The predicted molar refractivity (Wildman–Crippen MR) is 135 cm³/mol. The fourth-order valence-corrected chi connectivity index (χ4v) is 5.46. The third-order valence-corrected chi connectivity index (χ3v) is 7.37. The summed E-state index contributed by atoms with van der Waals surface area (Å²) in [5.74, 6) is 1.49. The van der Waals surface area contributed by atoms with E-state index < -0.39 is 0 Å². The number of methoxy groups -OCH3 is 1. The van der Waals surface area contributed by atoms with E-state index in [1.807, 2.05) is 12.3 Å². The van der Waals surface area contributed by atoms with Gasteiger partial charge in [-0.25, -0.2) is 0 Å². The van der Waals surface area contributed by atoms with Crippen LogP contribution in [0.4, 0.5) is 0 Å². The van der Waals surface area contributed by atoms with Gasteiger partial charge in [-0.2, -0.15) is 0 Å². The smallest absolute Gasteiger partial charge is 0.260 e. The minimum Gasteiger partial charge on any atom is -0.493 e. The molecule has 35 heavy (non-hydrogen) atoms. The molecule has 3 aliphatic heterocycles. The minimum absolute atomic E-state index is 0. The first-order chi connectivity index (χ1) is 16.5. The number of carbonyl (C=O) groups excluding carboxylic acids is 1. The molecule has 0 bridgehead atoms. The monoisotopic (exact) mass is 502 g/mol. The number of aryl methyl sites for hydroxylation is 1. The molecule has 2 N–H and O–H groups in total. The van der Waals surface area contributed by atoms with Crippen LogP contribution in [0.5, 0.6) is 11.5 Å². The number of benzene rings is 1. The van der Waals surface area contributed by atoms with Crippen LogP contribution in [0.1, 0.15) is 40.8 Å². The summed E-state index contributed by atoms with van der Waals surface area (Å²) in [6.45, 7) is 6.34. The van der Waals surface area contributed by atoms with Gasteiger partial charge >= 0.3 is 0 Å². The van der Waals surface area contributed by atoms with Crippen LogP contribution in [0.15, 0.2) is 30.5 Å². The minimum atomic E-state index is -0.0247. The van der Waals surface area contributed by atoms with Crippen LogP contribution in [0.3, 0.4) is 0 Å². The third kappa shape index (κ3) is 5.40. The van der Waals surface area contributed by atoms with Crippen LogP contribution in [-0.4, -0.2) is 79.8 Å². The van der Waals surface area contributed by atoms with Crippen LogP contribution < -0.4 is 15.2 Å². The fraction of sp³-hybridized carbons (Fsp3) is 0.538. The number of pyridine rings is 1. The highest BCUT2D eigenvalue weighted by atomic mass is 35.5. The van der Waals surface area contributed by atoms with Gasteiger partial charge in [0.05, 0.1) is 20.3 Å². The van der Waals surface area contributed by atoms with Crippen molar-refractivity contribution in [2.45, 2.75) is 37.8 Å². The number of nitrogens with zero attached hydrogens (tertiary/aromatic N) is 3. The lowest BCUT2D eigenvalue weighted by atomic mass is 9.79. The molecule has 3 aliphatic rings. The Morgan fingerprint density at radius 3 is 2.74 bits per heavy atom. The van der Waals surface area contributed by atoms with E-state index in [2.05, 4.69) is 35.0 Å². The largest absolute Gasteiger partial charge is 0.493 e. The van der Waals surface area contributed by atoms with Crippen molar-refractivity contribution < 1.29 is 19.0 Å². The molecule has 9 heteroatoms. The first kappa shape index (κ1) is 25.7. The van der Waals surface area contributed by atoms with Crippen molar-refractivity contribution in [2.75, 3.05) is 53.1 Å². The van der Waals surface area contributed by atoms with Gasteiger partial charge in [0.25, 0.3) is 5.91 Å². The molecule has 0 aliphatic carbocycles. The van der Waals surface area contributed by atoms with E-state index in [1.54, 1.807) is 12.0 Å². The SMILES string of the molecule is COc1cc2c(cc1OCC(=O)N1CCOCC1)CCN1C[C@@H](c3cc(C)ccn3)[C@@H](N)C[C@H]21.Cl. The summed E-state index contributed by atoms with van der Waals surface area (Å²) in [6.07, 6.45) is 3.67. The predicted octanol–water partition coefficient (Wildman–Crippen LogP) is 2.47. The summed E-state index contributed by atoms with van der Waals surface area (Å²) in [5.41, 5.74) is 11.5. The average molecular weight is 503 g/mol. The standard InChI is InChI=1S/C26H34N4O4.ClH/c1-17-3-5-28-22(11-17)20-15-30-6-4-18-12-25(34-16-26(31)29-7-9-33-10-8-29)24(32-2)13-19(18)23(30)14-21(20)27;/h3,5,11-13,20-21,23H,4,6-10,14-16,27H2,1-2H3;1H/t20-,21+,23-;/m1./s1. The topological polar surface area (TPSA) is 90.1 Å². The van der Waals surface area contributed by atoms with Crippen molar-refractivity contribution in [3.63, 3.8) is 0 Å². The lowest BCUT2D eigenvalue weighted by Crippen LogP contribution is -2.50. The molecule has 1 aromatic heterocycles. The normalized spacial score (nSPS) is 24.1. The van der Waals surface area contributed by atoms with E-state index >= 15 is 0 Å². The van der Waals surface area contributed by atoms with Gasteiger partial charge < -0.3 is 24.8 Å². The number of piperidine rings is 1. The third-order valence-electron chi connectivity index (χ3n) is 7.37. The van der Waals surface area contributed by atoms with Crippen LogP contribution in [-0.2, 0) is 16.0 Å². The first-order valence-electron chi connectivity index (χ1n) is 12.1. The number of fused-ring (bicyclic) bond motifs is 3. The van der Waals surface area contributed by atoms with Crippen LogP contribution in [0.2, 0.25) is 0 Å². The molecule has 2 saturated heterocycles. The average Bonchev–Trinajstić information content (AvgIpc) is 2.86. The molecule has 0 unspecified atom stereocenters. The summed E-state index contributed by atoms with van der Waals surface area (Å²) in [4.78, 5) is 21.5. The van der Waals surface area contributed by atoms with E-state index in [0.29, 0.717) is 37.8 Å².